The van der Waals surface area contributed by atoms with Gasteiger partial charge in [-0.25, -0.2) is 13.6 Å². The first-order valence-electron chi connectivity index (χ1n) is 6.68. The van der Waals surface area contributed by atoms with E-state index in [1.807, 2.05) is 20.2 Å². The summed E-state index contributed by atoms with van der Waals surface area (Å²) >= 11 is 0. The highest BCUT2D eigenvalue weighted by atomic mass is 32.2. The van der Waals surface area contributed by atoms with Gasteiger partial charge in [0.2, 0.25) is 10.0 Å². The zero-order chi connectivity index (χ0) is 15.5. The van der Waals surface area contributed by atoms with Gasteiger partial charge in [0.1, 0.15) is 0 Å². The molecule has 7 heteroatoms. The molecule has 114 valence electrons. The first-order valence-corrected chi connectivity index (χ1v) is 8.22. The molecule has 1 heterocycles. The first-order chi connectivity index (χ1) is 9.86. The average molecular weight is 308 g/mol. The van der Waals surface area contributed by atoms with Gasteiger partial charge in [-0.05, 0) is 37.6 Å². The molecule has 3 N–H and O–H groups in total. The number of benzene rings is 1. The van der Waals surface area contributed by atoms with Gasteiger partial charge in [-0.3, -0.25) is 4.68 Å². The van der Waals surface area contributed by atoms with Crippen LogP contribution in [0.15, 0.2) is 35.4 Å². The number of nitrogens with zero attached hydrogens (tertiary/aromatic N) is 2. The molecule has 0 fully saturated rings. The van der Waals surface area contributed by atoms with Gasteiger partial charge in [-0.2, -0.15) is 5.10 Å². The number of nitrogens with two attached hydrogens (primary N) is 1. The smallest absolute Gasteiger partial charge is 0.238 e. The fraction of sp³-hybridized carbons (Fsp3) is 0.357. The van der Waals surface area contributed by atoms with E-state index in [4.69, 9.17) is 5.14 Å². The molecule has 2 aromatic rings. The number of aryl methyl sites for hydroxylation is 2. The van der Waals surface area contributed by atoms with Gasteiger partial charge in [0.15, 0.2) is 0 Å². The third kappa shape index (κ3) is 4.38. The maximum atomic E-state index is 11.2. The Morgan fingerprint density at radius 2 is 1.95 bits per heavy atom. The van der Waals surface area contributed by atoms with Crippen LogP contribution in [0.3, 0.4) is 0 Å². The van der Waals surface area contributed by atoms with Crippen molar-refractivity contribution in [2.45, 2.75) is 24.8 Å². The van der Waals surface area contributed by atoms with Crippen LogP contribution in [0.1, 0.15) is 16.8 Å². The number of primary sulfonamides is 1. The highest BCUT2D eigenvalue weighted by Crippen LogP contribution is 2.09. The van der Waals surface area contributed by atoms with E-state index in [-0.39, 0.29) is 4.90 Å². The highest BCUT2D eigenvalue weighted by Gasteiger charge is 2.06. The van der Waals surface area contributed by atoms with E-state index >= 15 is 0 Å². The molecular weight excluding hydrogens is 288 g/mol. The molecule has 0 radical (unpaired) electrons. The molecule has 0 aliphatic heterocycles. The average Bonchev–Trinajstić information content (AvgIpc) is 2.73. The summed E-state index contributed by atoms with van der Waals surface area (Å²) in [5.41, 5.74) is 3.28. The lowest BCUT2D eigenvalue weighted by Crippen LogP contribution is -2.17. The molecule has 6 nitrogen and oxygen atoms in total. The van der Waals surface area contributed by atoms with Crippen LogP contribution in [0.25, 0.3) is 0 Å². The lowest BCUT2D eigenvalue weighted by atomic mass is 10.1. The Morgan fingerprint density at radius 1 is 1.29 bits per heavy atom. The minimum Gasteiger partial charge on any atom is -0.312 e. The highest BCUT2D eigenvalue weighted by molar-refractivity contribution is 7.89. The normalized spacial score (nSPS) is 11.8. The quantitative estimate of drug-likeness (QED) is 0.769. The lowest BCUT2D eigenvalue weighted by Gasteiger charge is -2.05. The molecule has 0 aliphatic carbocycles. The van der Waals surface area contributed by atoms with Crippen LogP contribution < -0.4 is 10.5 Å². The minimum atomic E-state index is -3.61. The van der Waals surface area contributed by atoms with Gasteiger partial charge in [-0.15, -0.1) is 0 Å². The van der Waals surface area contributed by atoms with Crippen LogP contribution in [0.4, 0.5) is 0 Å². The molecule has 1 aromatic heterocycles. The van der Waals surface area contributed by atoms with Gasteiger partial charge in [0, 0.05) is 25.4 Å². The number of hydrogen-bond acceptors (Lipinski definition) is 4. The van der Waals surface area contributed by atoms with Crippen LogP contribution in [0.2, 0.25) is 0 Å². The minimum absolute atomic E-state index is 0.144. The second-order valence-electron chi connectivity index (χ2n) is 5.03. The largest absolute Gasteiger partial charge is 0.312 e. The van der Waals surface area contributed by atoms with Gasteiger partial charge >= 0.3 is 0 Å². The molecule has 21 heavy (non-hydrogen) atoms. The van der Waals surface area contributed by atoms with Gasteiger partial charge in [0.25, 0.3) is 0 Å². The van der Waals surface area contributed by atoms with Crippen molar-refractivity contribution in [3.05, 3.63) is 47.3 Å². The molecule has 0 spiro atoms. The van der Waals surface area contributed by atoms with E-state index < -0.39 is 10.0 Å². The molecule has 0 saturated heterocycles. The summed E-state index contributed by atoms with van der Waals surface area (Å²) in [6.45, 7) is 3.57. The predicted molar refractivity (Wildman–Crippen MR) is 81.2 cm³/mol. The SMILES string of the molecule is Cc1nn(C)cc1CNCCc1ccc(S(N)(=O)=O)cc1. The van der Waals surface area contributed by atoms with Crippen molar-refractivity contribution in [3.8, 4) is 0 Å². The van der Waals surface area contributed by atoms with Crippen LogP contribution >= 0.6 is 0 Å². The van der Waals surface area contributed by atoms with Gasteiger partial charge in [0.05, 0.1) is 10.6 Å². The summed E-state index contributed by atoms with van der Waals surface area (Å²) in [5, 5.41) is 12.7. The van der Waals surface area contributed by atoms with Crippen molar-refractivity contribution in [2.75, 3.05) is 6.54 Å². The summed E-state index contributed by atoms with van der Waals surface area (Å²) in [5.74, 6) is 0. The van der Waals surface area contributed by atoms with E-state index in [0.717, 1.165) is 30.8 Å². The van der Waals surface area contributed by atoms with Crippen molar-refractivity contribution in [2.24, 2.45) is 12.2 Å². The van der Waals surface area contributed by atoms with Crippen LogP contribution in [0.5, 0.6) is 0 Å². The van der Waals surface area contributed by atoms with Gasteiger partial charge in [-0.1, -0.05) is 12.1 Å². The Bertz CT molecular complexity index is 705. The maximum absolute atomic E-state index is 11.2. The third-order valence-corrected chi connectivity index (χ3v) is 4.20. The van der Waals surface area contributed by atoms with E-state index in [1.165, 1.54) is 17.7 Å². The van der Waals surface area contributed by atoms with E-state index in [1.54, 1.807) is 16.8 Å². The Labute approximate surface area is 125 Å². The predicted octanol–water partition coefficient (Wildman–Crippen LogP) is 0.708. The van der Waals surface area contributed by atoms with Crippen molar-refractivity contribution in [1.29, 1.82) is 0 Å². The molecule has 0 saturated carbocycles. The third-order valence-electron chi connectivity index (χ3n) is 3.27. The van der Waals surface area contributed by atoms with Crippen LogP contribution in [-0.4, -0.2) is 24.7 Å². The van der Waals surface area contributed by atoms with Crippen molar-refractivity contribution in [3.63, 3.8) is 0 Å². The fourth-order valence-corrected chi connectivity index (χ4v) is 2.64. The Balaban J connectivity index is 1.82. The second-order valence-corrected chi connectivity index (χ2v) is 6.59. The number of aromatic nitrogens is 2. The Kier molecular flexibility index (Phi) is 4.76. The summed E-state index contributed by atoms with van der Waals surface area (Å²) in [6, 6.07) is 6.65. The Morgan fingerprint density at radius 3 is 2.48 bits per heavy atom. The summed E-state index contributed by atoms with van der Waals surface area (Å²) in [4.78, 5) is 0.144. The molecule has 0 bridgehead atoms. The number of sulfonamides is 1. The molecule has 0 aliphatic rings. The molecule has 1 aromatic carbocycles. The Hall–Kier alpha value is -1.70. The summed E-state index contributed by atoms with van der Waals surface area (Å²) < 4.78 is 24.1. The zero-order valence-corrected chi connectivity index (χ0v) is 13.0. The molecular formula is C14H20N4O2S. The summed E-state index contributed by atoms with van der Waals surface area (Å²) in [7, 11) is -1.70. The second kappa shape index (κ2) is 6.38. The van der Waals surface area contributed by atoms with E-state index in [0.29, 0.717) is 0 Å². The maximum Gasteiger partial charge on any atom is 0.238 e. The standard InChI is InChI=1S/C14H20N4O2S/c1-11-13(10-18(2)17-11)9-16-8-7-12-3-5-14(6-4-12)21(15,19)20/h3-6,10,16H,7-9H2,1-2H3,(H2,15,19,20). The first kappa shape index (κ1) is 15.7. The fourth-order valence-electron chi connectivity index (χ4n) is 2.12. The molecule has 0 amide bonds. The number of nitrogens with one attached hydrogen (secondary N) is 1. The lowest BCUT2D eigenvalue weighted by molar-refractivity contribution is 0.597. The van der Waals surface area contributed by atoms with Crippen molar-refractivity contribution < 1.29 is 8.42 Å². The molecule has 2 rings (SSSR count). The van der Waals surface area contributed by atoms with Crippen molar-refractivity contribution >= 4 is 10.0 Å². The zero-order valence-electron chi connectivity index (χ0n) is 12.2. The number of rotatable bonds is 6. The van der Waals surface area contributed by atoms with E-state index in [9.17, 15) is 8.42 Å². The number of hydrogen-bond donors (Lipinski definition) is 2. The molecule has 0 atom stereocenters. The molecule has 0 unspecified atom stereocenters. The monoisotopic (exact) mass is 308 g/mol. The van der Waals surface area contributed by atoms with Crippen LogP contribution in [-0.2, 0) is 30.0 Å². The van der Waals surface area contributed by atoms with Gasteiger partial charge < -0.3 is 5.32 Å². The topological polar surface area (TPSA) is 90.0 Å². The van der Waals surface area contributed by atoms with Crippen molar-refractivity contribution in [1.82, 2.24) is 15.1 Å². The summed E-state index contributed by atoms with van der Waals surface area (Å²) in [6.07, 6.45) is 2.83. The van der Waals surface area contributed by atoms with Crippen LogP contribution in [0, 0.1) is 6.92 Å². The van der Waals surface area contributed by atoms with E-state index in [2.05, 4.69) is 10.4 Å².